The van der Waals surface area contributed by atoms with E-state index in [9.17, 15) is 0 Å². The van der Waals surface area contributed by atoms with Gasteiger partial charge in [-0.15, -0.1) is 0 Å². The van der Waals surface area contributed by atoms with Crippen molar-refractivity contribution in [3.8, 4) is 6.07 Å². The molecule has 5 nitrogen and oxygen atoms in total. The molecular formula is C17H19N5. The van der Waals surface area contributed by atoms with E-state index < -0.39 is 0 Å². The van der Waals surface area contributed by atoms with Gasteiger partial charge in [0.05, 0.1) is 11.6 Å². The fourth-order valence-corrected chi connectivity index (χ4v) is 2.79. The van der Waals surface area contributed by atoms with Gasteiger partial charge in [-0.25, -0.2) is 9.97 Å². The molecule has 112 valence electrons. The number of benzene rings is 1. The van der Waals surface area contributed by atoms with Gasteiger partial charge in [0.1, 0.15) is 0 Å². The third-order valence-corrected chi connectivity index (χ3v) is 4.07. The van der Waals surface area contributed by atoms with Gasteiger partial charge in [0, 0.05) is 37.7 Å². The van der Waals surface area contributed by atoms with Crippen molar-refractivity contribution in [2.75, 3.05) is 29.9 Å². The monoisotopic (exact) mass is 293 g/mol. The maximum Gasteiger partial charge on any atom is 0.222 e. The van der Waals surface area contributed by atoms with E-state index in [0.29, 0.717) is 11.9 Å². The van der Waals surface area contributed by atoms with Crippen molar-refractivity contribution in [2.24, 2.45) is 5.92 Å². The lowest BCUT2D eigenvalue weighted by atomic mass is 9.96. The van der Waals surface area contributed by atoms with E-state index >= 15 is 0 Å². The lowest BCUT2D eigenvalue weighted by Crippen LogP contribution is -2.36. The second kappa shape index (κ2) is 6.90. The zero-order chi connectivity index (χ0) is 15.2. The molecule has 1 aliphatic heterocycles. The van der Waals surface area contributed by atoms with Crippen molar-refractivity contribution in [3.05, 3.63) is 48.3 Å². The Morgan fingerprint density at radius 3 is 2.68 bits per heavy atom. The molecule has 1 fully saturated rings. The molecule has 1 N–H and O–H groups in total. The molecule has 0 unspecified atom stereocenters. The number of nitrogens with one attached hydrogen (secondary N) is 1. The number of hydrogen-bond acceptors (Lipinski definition) is 5. The van der Waals surface area contributed by atoms with Gasteiger partial charge in [0.25, 0.3) is 0 Å². The van der Waals surface area contributed by atoms with Crippen LogP contribution in [-0.2, 0) is 0 Å². The van der Waals surface area contributed by atoms with Gasteiger partial charge < -0.3 is 10.2 Å². The van der Waals surface area contributed by atoms with Crippen LogP contribution in [0.5, 0.6) is 0 Å². The maximum atomic E-state index is 8.99. The van der Waals surface area contributed by atoms with Crippen LogP contribution in [0, 0.1) is 17.2 Å². The largest absolute Gasteiger partial charge is 0.371 e. The minimum atomic E-state index is 0.638. The van der Waals surface area contributed by atoms with Crippen LogP contribution in [0.15, 0.2) is 42.7 Å². The average molecular weight is 293 g/mol. The zero-order valence-electron chi connectivity index (χ0n) is 12.4. The van der Waals surface area contributed by atoms with E-state index in [2.05, 4.69) is 32.3 Å². The number of piperidine rings is 1. The van der Waals surface area contributed by atoms with Crippen molar-refractivity contribution < 1.29 is 0 Å². The molecule has 0 bridgehead atoms. The van der Waals surface area contributed by atoms with Crippen molar-refractivity contribution in [1.82, 2.24) is 9.97 Å². The van der Waals surface area contributed by atoms with Crippen molar-refractivity contribution in [1.29, 1.82) is 5.26 Å². The Morgan fingerprint density at radius 2 is 1.95 bits per heavy atom. The molecule has 1 aromatic heterocycles. The number of aromatic nitrogens is 2. The molecule has 2 aromatic rings. The second-order valence-corrected chi connectivity index (χ2v) is 5.55. The highest BCUT2D eigenvalue weighted by Gasteiger charge is 2.19. The SMILES string of the molecule is N#Cc1cccc(N2CCC(CNc3ncccn3)CC2)c1. The van der Waals surface area contributed by atoms with Gasteiger partial charge in [-0.3, -0.25) is 0 Å². The molecule has 0 amide bonds. The molecule has 2 heterocycles. The molecule has 1 aromatic carbocycles. The fraction of sp³-hybridized carbons (Fsp3) is 0.353. The Morgan fingerprint density at radius 1 is 1.18 bits per heavy atom. The normalized spacial score (nSPS) is 15.3. The fourth-order valence-electron chi connectivity index (χ4n) is 2.79. The Kier molecular flexibility index (Phi) is 4.50. The molecule has 0 radical (unpaired) electrons. The average Bonchev–Trinajstić information content (AvgIpc) is 2.61. The third kappa shape index (κ3) is 3.53. The van der Waals surface area contributed by atoms with Crippen molar-refractivity contribution in [2.45, 2.75) is 12.8 Å². The Balaban J connectivity index is 1.51. The summed E-state index contributed by atoms with van der Waals surface area (Å²) in [5.41, 5.74) is 1.87. The van der Waals surface area contributed by atoms with Crippen LogP contribution in [-0.4, -0.2) is 29.6 Å². The van der Waals surface area contributed by atoms with Gasteiger partial charge in [-0.1, -0.05) is 6.07 Å². The Labute approximate surface area is 130 Å². The van der Waals surface area contributed by atoms with Crippen molar-refractivity contribution in [3.63, 3.8) is 0 Å². The number of nitrogens with zero attached hydrogens (tertiary/aromatic N) is 4. The quantitative estimate of drug-likeness (QED) is 0.939. The van der Waals surface area contributed by atoms with Crippen LogP contribution in [0.1, 0.15) is 18.4 Å². The summed E-state index contributed by atoms with van der Waals surface area (Å²) in [6.07, 6.45) is 5.77. The third-order valence-electron chi connectivity index (χ3n) is 4.07. The Hall–Kier alpha value is -2.61. The summed E-state index contributed by atoms with van der Waals surface area (Å²) in [5, 5.41) is 12.3. The summed E-state index contributed by atoms with van der Waals surface area (Å²) >= 11 is 0. The van der Waals surface area contributed by atoms with E-state index in [4.69, 9.17) is 5.26 Å². The summed E-state index contributed by atoms with van der Waals surface area (Å²) in [5.74, 6) is 1.34. The summed E-state index contributed by atoms with van der Waals surface area (Å²) < 4.78 is 0. The highest BCUT2D eigenvalue weighted by Crippen LogP contribution is 2.24. The lowest BCUT2D eigenvalue weighted by Gasteiger charge is -2.33. The molecule has 5 heteroatoms. The smallest absolute Gasteiger partial charge is 0.222 e. The highest BCUT2D eigenvalue weighted by atomic mass is 15.1. The first-order valence-electron chi connectivity index (χ1n) is 7.61. The number of rotatable bonds is 4. The molecule has 22 heavy (non-hydrogen) atoms. The molecular weight excluding hydrogens is 274 g/mol. The lowest BCUT2D eigenvalue weighted by molar-refractivity contribution is 0.423. The molecule has 0 aliphatic carbocycles. The predicted octanol–water partition coefficient (Wildman–Crippen LogP) is 2.68. The highest BCUT2D eigenvalue weighted by molar-refractivity contribution is 5.51. The van der Waals surface area contributed by atoms with Gasteiger partial charge in [-0.2, -0.15) is 5.26 Å². The van der Waals surface area contributed by atoms with Crippen LogP contribution >= 0.6 is 0 Å². The van der Waals surface area contributed by atoms with E-state index in [-0.39, 0.29) is 0 Å². The maximum absolute atomic E-state index is 8.99. The van der Waals surface area contributed by atoms with Gasteiger partial charge in [0.15, 0.2) is 0 Å². The van der Waals surface area contributed by atoms with E-state index in [1.807, 2.05) is 24.3 Å². The first-order chi connectivity index (χ1) is 10.8. The van der Waals surface area contributed by atoms with E-state index in [1.54, 1.807) is 12.4 Å². The van der Waals surface area contributed by atoms with Gasteiger partial charge in [-0.05, 0) is 43.0 Å². The molecule has 0 saturated carbocycles. The predicted molar refractivity (Wildman–Crippen MR) is 86.6 cm³/mol. The second-order valence-electron chi connectivity index (χ2n) is 5.55. The molecule has 0 atom stereocenters. The van der Waals surface area contributed by atoms with Crippen LogP contribution in [0.25, 0.3) is 0 Å². The van der Waals surface area contributed by atoms with E-state index in [0.717, 1.165) is 43.7 Å². The van der Waals surface area contributed by atoms with E-state index in [1.165, 1.54) is 0 Å². The minimum absolute atomic E-state index is 0.638. The summed E-state index contributed by atoms with van der Waals surface area (Å²) in [6.45, 7) is 2.96. The molecule has 1 aliphatic rings. The standard InChI is InChI=1S/C17H19N5/c18-12-15-3-1-4-16(11-15)22-9-5-14(6-10-22)13-21-17-19-7-2-8-20-17/h1-4,7-8,11,14H,5-6,9-10,13H2,(H,19,20,21). The van der Waals surface area contributed by atoms with Gasteiger partial charge >= 0.3 is 0 Å². The molecule has 3 rings (SSSR count). The summed E-state index contributed by atoms with van der Waals surface area (Å²) in [7, 11) is 0. The summed E-state index contributed by atoms with van der Waals surface area (Å²) in [6, 6.07) is 11.9. The van der Waals surface area contributed by atoms with Crippen LogP contribution in [0.3, 0.4) is 0 Å². The number of hydrogen-bond donors (Lipinski definition) is 1. The molecule has 1 saturated heterocycles. The first-order valence-corrected chi connectivity index (χ1v) is 7.61. The topological polar surface area (TPSA) is 64.8 Å². The first kappa shape index (κ1) is 14.3. The van der Waals surface area contributed by atoms with Crippen molar-refractivity contribution >= 4 is 11.6 Å². The van der Waals surface area contributed by atoms with Crippen LogP contribution in [0.4, 0.5) is 11.6 Å². The summed E-state index contributed by atoms with van der Waals surface area (Å²) in [4.78, 5) is 10.7. The number of nitriles is 1. The van der Waals surface area contributed by atoms with Crippen LogP contribution < -0.4 is 10.2 Å². The minimum Gasteiger partial charge on any atom is -0.371 e. The molecule has 0 spiro atoms. The Bertz CT molecular complexity index is 642. The van der Waals surface area contributed by atoms with Gasteiger partial charge in [0.2, 0.25) is 5.95 Å². The zero-order valence-corrected chi connectivity index (χ0v) is 12.4. The number of anilines is 2. The van der Waals surface area contributed by atoms with Crippen LogP contribution in [0.2, 0.25) is 0 Å².